The molecule has 0 aliphatic carbocycles. The average Bonchev–Trinajstić information content (AvgIpc) is 2.63. The van der Waals surface area contributed by atoms with Crippen molar-refractivity contribution in [2.24, 2.45) is 0 Å². The fraction of sp³-hybridized carbons (Fsp3) is 0.533. The maximum Gasteiger partial charge on any atom is 0.335 e. The Balaban J connectivity index is 1.69. The molecule has 0 radical (unpaired) electrons. The molecular formula is C15H20N2O2. The highest BCUT2D eigenvalue weighted by Gasteiger charge is 2.38. The van der Waals surface area contributed by atoms with Gasteiger partial charge in [0.05, 0.1) is 5.56 Å². The van der Waals surface area contributed by atoms with Gasteiger partial charge in [-0.05, 0) is 50.9 Å². The van der Waals surface area contributed by atoms with Crippen LogP contribution in [-0.2, 0) is 0 Å². The van der Waals surface area contributed by atoms with Crippen molar-refractivity contribution in [2.75, 3.05) is 12.4 Å². The molecule has 0 spiro atoms. The lowest BCUT2D eigenvalue weighted by Crippen LogP contribution is -2.44. The Morgan fingerprint density at radius 2 is 2.00 bits per heavy atom. The van der Waals surface area contributed by atoms with Crippen LogP contribution in [0, 0.1) is 0 Å². The van der Waals surface area contributed by atoms with Crippen LogP contribution in [0.15, 0.2) is 24.3 Å². The van der Waals surface area contributed by atoms with Crippen LogP contribution in [0.5, 0.6) is 0 Å². The summed E-state index contributed by atoms with van der Waals surface area (Å²) in [5.41, 5.74) is 1.27. The SMILES string of the molecule is CN1C2CCC1CC(Nc1cccc(C(=O)O)c1)C2. The fourth-order valence-electron chi connectivity index (χ4n) is 3.51. The molecule has 2 saturated heterocycles. The summed E-state index contributed by atoms with van der Waals surface area (Å²) in [6, 6.07) is 8.96. The Morgan fingerprint density at radius 1 is 1.32 bits per heavy atom. The van der Waals surface area contributed by atoms with Gasteiger partial charge in [-0.25, -0.2) is 4.79 Å². The van der Waals surface area contributed by atoms with E-state index in [9.17, 15) is 4.79 Å². The summed E-state index contributed by atoms with van der Waals surface area (Å²) in [5.74, 6) is -0.868. The number of anilines is 1. The number of nitrogens with zero attached hydrogens (tertiary/aromatic N) is 1. The van der Waals surface area contributed by atoms with E-state index in [4.69, 9.17) is 5.11 Å². The van der Waals surface area contributed by atoms with Gasteiger partial charge in [-0.2, -0.15) is 0 Å². The van der Waals surface area contributed by atoms with Gasteiger partial charge in [0.2, 0.25) is 0 Å². The van der Waals surface area contributed by atoms with Crippen molar-refractivity contribution in [3.05, 3.63) is 29.8 Å². The third-order valence-electron chi connectivity index (χ3n) is 4.58. The number of carbonyl (C=O) groups is 1. The van der Waals surface area contributed by atoms with Crippen LogP contribution >= 0.6 is 0 Å². The zero-order valence-corrected chi connectivity index (χ0v) is 11.2. The molecular weight excluding hydrogens is 240 g/mol. The van der Waals surface area contributed by atoms with Crippen molar-refractivity contribution in [3.8, 4) is 0 Å². The Bertz CT molecular complexity index is 475. The minimum absolute atomic E-state index is 0.348. The molecule has 4 nitrogen and oxygen atoms in total. The predicted molar refractivity (Wildman–Crippen MR) is 74.6 cm³/mol. The summed E-state index contributed by atoms with van der Waals surface area (Å²) in [7, 11) is 2.23. The van der Waals surface area contributed by atoms with E-state index in [1.54, 1.807) is 18.2 Å². The number of rotatable bonds is 3. The standard InChI is InChI=1S/C15H20N2O2/c1-17-13-5-6-14(17)9-12(8-13)16-11-4-2-3-10(7-11)15(18)19/h2-4,7,12-14,16H,5-6,8-9H2,1H3,(H,18,19). The van der Waals surface area contributed by atoms with Gasteiger partial charge in [0.25, 0.3) is 0 Å². The van der Waals surface area contributed by atoms with Crippen molar-refractivity contribution in [2.45, 2.75) is 43.8 Å². The van der Waals surface area contributed by atoms with Gasteiger partial charge in [0.15, 0.2) is 0 Å². The van der Waals surface area contributed by atoms with Crippen LogP contribution in [0.3, 0.4) is 0 Å². The molecule has 1 aromatic rings. The number of aromatic carboxylic acids is 1. The minimum atomic E-state index is -0.868. The van der Waals surface area contributed by atoms with Crippen molar-refractivity contribution < 1.29 is 9.90 Å². The molecule has 2 aliphatic heterocycles. The summed E-state index contributed by atoms with van der Waals surface area (Å²) in [6.45, 7) is 0. The first-order valence-corrected chi connectivity index (χ1v) is 6.95. The van der Waals surface area contributed by atoms with E-state index in [-0.39, 0.29) is 0 Å². The number of carboxylic acids is 1. The average molecular weight is 260 g/mol. The molecule has 4 heteroatoms. The zero-order chi connectivity index (χ0) is 13.4. The molecule has 3 rings (SSSR count). The van der Waals surface area contributed by atoms with Gasteiger partial charge in [-0.15, -0.1) is 0 Å². The topological polar surface area (TPSA) is 52.6 Å². The van der Waals surface area contributed by atoms with Crippen LogP contribution in [0.2, 0.25) is 0 Å². The van der Waals surface area contributed by atoms with Crippen molar-refractivity contribution in [3.63, 3.8) is 0 Å². The normalized spacial score (nSPS) is 30.3. The molecule has 2 aliphatic rings. The summed E-state index contributed by atoms with van der Waals surface area (Å²) in [4.78, 5) is 13.5. The van der Waals surface area contributed by atoms with Gasteiger partial charge in [-0.1, -0.05) is 6.07 Å². The summed E-state index contributed by atoms with van der Waals surface area (Å²) in [6.07, 6.45) is 4.91. The molecule has 2 heterocycles. The lowest BCUT2D eigenvalue weighted by molar-refractivity contribution is 0.0697. The van der Waals surface area contributed by atoms with Crippen LogP contribution in [0.4, 0.5) is 5.69 Å². The first-order valence-electron chi connectivity index (χ1n) is 6.95. The van der Waals surface area contributed by atoms with Gasteiger partial charge in [0.1, 0.15) is 0 Å². The zero-order valence-electron chi connectivity index (χ0n) is 11.2. The number of carboxylic acid groups (broad SMARTS) is 1. The third-order valence-corrected chi connectivity index (χ3v) is 4.58. The molecule has 0 saturated carbocycles. The molecule has 19 heavy (non-hydrogen) atoms. The second-order valence-corrected chi connectivity index (χ2v) is 5.75. The maximum absolute atomic E-state index is 11.0. The Morgan fingerprint density at radius 3 is 2.63 bits per heavy atom. The number of fused-ring (bicyclic) bond motifs is 2. The lowest BCUT2D eigenvalue weighted by Gasteiger charge is -2.37. The molecule has 0 aromatic heterocycles. The number of hydrogen-bond acceptors (Lipinski definition) is 3. The monoisotopic (exact) mass is 260 g/mol. The molecule has 2 N–H and O–H groups in total. The van der Waals surface area contributed by atoms with E-state index in [1.807, 2.05) is 6.07 Å². The second kappa shape index (κ2) is 4.85. The predicted octanol–water partition coefficient (Wildman–Crippen LogP) is 2.42. The van der Waals surface area contributed by atoms with Crippen molar-refractivity contribution in [1.29, 1.82) is 0 Å². The number of piperidine rings is 1. The molecule has 0 amide bonds. The van der Waals surface area contributed by atoms with E-state index in [0.717, 1.165) is 18.5 Å². The maximum atomic E-state index is 11.0. The first kappa shape index (κ1) is 12.5. The number of hydrogen-bond donors (Lipinski definition) is 2. The van der Waals surface area contributed by atoms with Gasteiger partial charge in [-0.3, -0.25) is 0 Å². The molecule has 2 unspecified atom stereocenters. The van der Waals surface area contributed by atoms with Crippen LogP contribution in [0.1, 0.15) is 36.0 Å². The second-order valence-electron chi connectivity index (χ2n) is 5.75. The highest BCUT2D eigenvalue weighted by atomic mass is 16.4. The van der Waals surface area contributed by atoms with Crippen molar-refractivity contribution in [1.82, 2.24) is 4.90 Å². The third kappa shape index (κ3) is 2.45. The van der Waals surface area contributed by atoms with Gasteiger partial charge in [0, 0.05) is 23.8 Å². The van der Waals surface area contributed by atoms with E-state index in [0.29, 0.717) is 23.7 Å². The number of benzene rings is 1. The lowest BCUT2D eigenvalue weighted by atomic mass is 9.97. The van der Waals surface area contributed by atoms with E-state index >= 15 is 0 Å². The van der Waals surface area contributed by atoms with Gasteiger partial charge >= 0.3 is 5.97 Å². The molecule has 1 aromatic carbocycles. The molecule has 2 bridgehead atoms. The highest BCUT2D eigenvalue weighted by molar-refractivity contribution is 5.88. The van der Waals surface area contributed by atoms with E-state index in [1.165, 1.54) is 12.8 Å². The van der Waals surface area contributed by atoms with E-state index in [2.05, 4.69) is 17.3 Å². The Labute approximate surface area is 113 Å². The largest absolute Gasteiger partial charge is 0.478 e. The van der Waals surface area contributed by atoms with Gasteiger partial charge < -0.3 is 15.3 Å². The first-order chi connectivity index (χ1) is 9.13. The Hall–Kier alpha value is -1.55. The highest BCUT2D eigenvalue weighted by Crippen LogP contribution is 2.35. The summed E-state index contributed by atoms with van der Waals surface area (Å²) in [5, 5.41) is 12.5. The van der Waals surface area contributed by atoms with Crippen LogP contribution in [-0.4, -0.2) is 41.1 Å². The number of nitrogens with one attached hydrogen (secondary N) is 1. The quantitative estimate of drug-likeness (QED) is 0.876. The van der Waals surface area contributed by atoms with Crippen molar-refractivity contribution >= 4 is 11.7 Å². The van der Waals surface area contributed by atoms with Crippen LogP contribution < -0.4 is 5.32 Å². The summed E-state index contributed by atoms with van der Waals surface area (Å²) >= 11 is 0. The smallest absolute Gasteiger partial charge is 0.335 e. The molecule has 2 atom stereocenters. The van der Waals surface area contributed by atoms with Crippen LogP contribution in [0.25, 0.3) is 0 Å². The summed E-state index contributed by atoms with van der Waals surface area (Å²) < 4.78 is 0. The van der Waals surface area contributed by atoms with E-state index < -0.39 is 5.97 Å². The minimum Gasteiger partial charge on any atom is -0.478 e. The fourth-order valence-corrected chi connectivity index (χ4v) is 3.51. The Kier molecular flexibility index (Phi) is 3.19. The molecule has 102 valence electrons. The molecule has 2 fully saturated rings.